The molecule has 0 unspecified atom stereocenters. The topological polar surface area (TPSA) is 45.3 Å². The molecule has 0 atom stereocenters. The average Bonchev–Trinajstić information content (AvgIpc) is 2.90. The van der Waals surface area contributed by atoms with Gasteiger partial charge in [-0.2, -0.15) is 0 Å². The highest BCUT2D eigenvalue weighted by atomic mass is 16.5. The maximum absolute atomic E-state index is 11.7. The van der Waals surface area contributed by atoms with Gasteiger partial charge in [-0.15, -0.1) is 6.58 Å². The maximum Gasteiger partial charge on any atom is 0.311 e. The molecule has 0 bridgehead atoms. The van der Waals surface area contributed by atoms with Gasteiger partial charge in [0.05, 0.1) is 5.52 Å². The summed E-state index contributed by atoms with van der Waals surface area (Å²) in [5, 5.41) is 1.12. The van der Waals surface area contributed by atoms with Gasteiger partial charge < -0.3 is 14.6 Å². The first kappa shape index (κ1) is 16.3. The number of rotatable bonds is 8. The molecule has 1 N–H and O–H groups in total. The minimum Gasteiger partial charge on any atom is -0.424 e. The van der Waals surface area contributed by atoms with Crippen LogP contribution < -0.4 is 4.74 Å². The third-order valence-electron chi connectivity index (χ3n) is 3.64. The SMILES string of the molecule is C=CCN(C)CCc1c[nH]c2c(OC(=O)CCC)cccc12. The molecule has 0 fully saturated rings. The highest BCUT2D eigenvalue weighted by molar-refractivity contribution is 5.90. The number of aromatic nitrogens is 1. The Balaban J connectivity index is 2.14. The minimum absolute atomic E-state index is 0.183. The molecule has 1 aromatic heterocycles. The van der Waals surface area contributed by atoms with Crippen LogP contribution in [0.3, 0.4) is 0 Å². The van der Waals surface area contributed by atoms with E-state index in [1.807, 2.05) is 31.3 Å². The fraction of sp³-hybridized carbons (Fsp3) is 0.389. The predicted octanol–water partition coefficient (Wildman–Crippen LogP) is 3.53. The van der Waals surface area contributed by atoms with E-state index in [1.54, 1.807) is 0 Å². The number of para-hydroxylation sites is 1. The smallest absolute Gasteiger partial charge is 0.311 e. The monoisotopic (exact) mass is 300 g/mol. The van der Waals surface area contributed by atoms with Crippen LogP contribution in [0.25, 0.3) is 10.9 Å². The second-order valence-electron chi connectivity index (χ2n) is 5.52. The first-order valence-corrected chi connectivity index (χ1v) is 7.74. The summed E-state index contributed by atoms with van der Waals surface area (Å²) in [4.78, 5) is 17.2. The van der Waals surface area contributed by atoms with Gasteiger partial charge in [-0.3, -0.25) is 4.79 Å². The zero-order valence-corrected chi connectivity index (χ0v) is 13.4. The van der Waals surface area contributed by atoms with Crippen molar-refractivity contribution in [3.8, 4) is 5.75 Å². The number of benzene rings is 1. The first-order chi connectivity index (χ1) is 10.7. The average molecular weight is 300 g/mol. The van der Waals surface area contributed by atoms with E-state index < -0.39 is 0 Å². The van der Waals surface area contributed by atoms with Gasteiger partial charge in [-0.25, -0.2) is 0 Å². The fourth-order valence-electron chi connectivity index (χ4n) is 2.48. The van der Waals surface area contributed by atoms with Crippen molar-refractivity contribution < 1.29 is 9.53 Å². The summed E-state index contributed by atoms with van der Waals surface area (Å²) in [6.07, 6.45) is 6.08. The number of fused-ring (bicyclic) bond motifs is 1. The molecule has 1 heterocycles. The number of aromatic amines is 1. The molecule has 0 aliphatic carbocycles. The standard InChI is InChI=1S/C18H24N2O2/c1-4-7-17(21)22-16-9-6-8-15-14(13-19-18(15)16)10-12-20(3)11-5-2/h5-6,8-9,13,19H,2,4,7,10-12H2,1,3H3. The number of carbonyl (C=O) groups excluding carboxylic acids is 1. The lowest BCUT2D eigenvalue weighted by molar-refractivity contribution is -0.134. The zero-order valence-electron chi connectivity index (χ0n) is 13.4. The van der Waals surface area contributed by atoms with Gasteiger partial charge in [-0.05, 0) is 31.5 Å². The Bertz CT molecular complexity index is 646. The number of likely N-dealkylation sites (N-methyl/N-ethyl adjacent to an activating group) is 1. The van der Waals surface area contributed by atoms with Crippen LogP contribution in [0.15, 0.2) is 37.1 Å². The van der Waals surface area contributed by atoms with E-state index in [2.05, 4.69) is 29.6 Å². The second-order valence-corrected chi connectivity index (χ2v) is 5.52. The largest absolute Gasteiger partial charge is 0.424 e. The zero-order chi connectivity index (χ0) is 15.9. The van der Waals surface area contributed by atoms with E-state index in [0.29, 0.717) is 12.2 Å². The Morgan fingerprint density at radius 1 is 1.45 bits per heavy atom. The van der Waals surface area contributed by atoms with Crippen molar-refractivity contribution in [1.82, 2.24) is 9.88 Å². The molecule has 2 rings (SSSR count). The Labute approximate surface area is 131 Å². The Morgan fingerprint density at radius 2 is 2.27 bits per heavy atom. The Hall–Kier alpha value is -2.07. The summed E-state index contributed by atoms with van der Waals surface area (Å²) >= 11 is 0. The lowest BCUT2D eigenvalue weighted by Crippen LogP contribution is -2.20. The molecule has 4 nitrogen and oxygen atoms in total. The molecule has 0 saturated heterocycles. The van der Waals surface area contributed by atoms with E-state index in [0.717, 1.165) is 36.8 Å². The molecule has 0 radical (unpaired) electrons. The molecular weight excluding hydrogens is 276 g/mol. The number of ether oxygens (including phenoxy) is 1. The van der Waals surface area contributed by atoms with Crippen LogP contribution in [0, 0.1) is 0 Å². The number of hydrogen-bond acceptors (Lipinski definition) is 3. The lowest BCUT2D eigenvalue weighted by atomic mass is 10.1. The van der Waals surface area contributed by atoms with Gasteiger partial charge in [0.1, 0.15) is 0 Å². The summed E-state index contributed by atoms with van der Waals surface area (Å²) in [5.74, 6) is 0.429. The van der Waals surface area contributed by atoms with E-state index >= 15 is 0 Å². The van der Waals surface area contributed by atoms with Crippen LogP contribution in [0.5, 0.6) is 5.75 Å². The van der Waals surface area contributed by atoms with Gasteiger partial charge in [0.25, 0.3) is 0 Å². The molecule has 0 aliphatic rings. The highest BCUT2D eigenvalue weighted by Crippen LogP contribution is 2.28. The van der Waals surface area contributed by atoms with Crippen LogP contribution in [0.1, 0.15) is 25.3 Å². The van der Waals surface area contributed by atoms with E-state index in [9.17, 15) is 4.79 Å². The quantitative estimate of drug-likeness (QED) is 0.461. The first-order valence-electron chi connectivity index (χ1n) is 7.74. The van der Waals surface area contributed by atoms with E-state index in [1.165, 1.54) is 5.56 Å². The van der Waals surface area contributed by atoms with Crippen molar-refractivity contribution in [1.29, 1.82) is 0 Å². The van der Waals surface area contributed by atoms with Crippen molar-refractivity contribution >= 4 is 16.9 Å². The number of hydrogen-bond donors (Lipinski definition) is 1. The van der Waals surface area contributed by atoms with Crippen LogP contribution >= 0.6 is 0 Å². The molecule has 0 aliphatic heterocycles. The van der Waals surface area contributed by atoms with Crippen molar-refractivity contribution in [2.24, 2.45) is 0 Å². The molecule has 0 spiro atoms. The molecule has 0 saturated carbocycles. The minimum atomic E-state index is -0.183. The molecule has 0 amide bonds. The van der Waals surface area contributed by atoms with Crippen LogP contribution in [-0.2, 0) is 11.2 Å². The van der Waals surface area contributed by atoms with Crippen LogP contribution in [0.4, 0.5) is 0 Å². The van der Waals surface area contributed by atoms with Crippen molar-refractivity contribution in [2.75, 3.05) is 20.1 Å². The summed E-state index contributed by atoms with van der Waals surface area (Å²) in [5.41, 5.74) is 2.13. The predicted molar refractivity (Wildman–Crippen MR) is 90.2 cm³/mol. The second kappa shape index (κ2) is 7.80. The van der Waals surface area contributed by atoms with Crippen molar-refractivity contribution in [2.45, 2.75) is 26.2 Å². The molecule has 22 heavy (non-hydrogen) atoms. The van der Waals surface area contributed by atoms with Crippen molar-refractivity contribution in [3.05, 3.63) is 42.6 Å². The third-order valence-corrected chi connectivity index (χ3v) is 3.64. The lowest BCUT2D eigenvalue weighted by Gasteiger charge is -2.13. The van der Waals surface area contributed by atoms with Gasteiger partial charge in [0.2, 0.25) is 0 Å². The summed E-state index contributed by atoms with van der Waals surface area (Å²) < 4.78 is 5.45. The highest BCUT2D eigenvalue weighted by Gasteiger charge is 2.11. The van der Waals surface area contributed by atoms with Gasteiger partial charge in [-0.1, -0.05) is 25.1 Å². The number of nitrogens with one attached hydrogen (secondary N) is 1. The third kappa shape index (κ3) is 3.98. The number of nitrogens with zero attached hydrogens (tertiary/aromatic N) is 1. The van der Waals surface area contributed by atoms with Gasteiger partial charge in [0, 0.05) is 31.1 Å². The molecule has 118 valence electrons. The van der Waals surface area contributed by atoms with Crippen LogP contribution in [0.2, 0.25) is 0 Å². The summed E-state index contributed by atoms with van der Waals surface area (Å²) in [6, 6.07) is 5.83. The van der Waals surface area contributed by atoms with E-state index in [-0.39, 0.29) is 5.97 Å². The molecule has 1 aromatic carbocycles. The fourth-order valence-corrected chi connectivity index (χ4v) is 2.48. The molecule has 2 aromatic rings. The molecule has 4 heteroatoms. The van der Waals surface area contributed by atoms with Gasteiger partial charge in [0.15, 0.2) is 5.75 Å². The normalized spacial score (nSPS) is 11.0. The Kier molecular flexibility index (Phi) is 5.78. The molecular formula is C18H24N2O2. The Morgan fingerprint density at radius 3 is 3.00 bits per heavy atom. The van der Waals surface area contributed by atoms with Gasteiger partial charge >= 0.3 is 5.97 Å². The number of H-pyrrole nitrogens is 1. The number of esters is 1. The summed E-state index contributed by atoms with van der Waals surface area (Å²) in [6.45, 7) is 7.55. The number of carbonyl (C=O) groups is 1. The van der Waals surface area contributed by atoms with Crippen LogP contribution in [-0.4, -0.2) is 36.0 Å². The van der Waals surface area contributed by atoms with E-state index in [4.69, 9.17) is 4.74 Å². The summed E-state index contributed by atoms with van der Waals surface area (Å²) in [7, 11) is 2.08. The maximum atomic E-state index is 11.7. The van der Waals surface area contributed by atoms with Crippen molar-refractivity contribution in [3.63, 3.8) is 0 Å².